The lowest BCUT2D eigenvalue weighted by molar-refractivity contribution is -0.115. The number of nitrogens with one attached hydrogen (secondary N) is 1. The molecule has 1 N–H and O–H groups in total. The molecule has 0 unspecified atom stereocenters. The lowest BCUT2D eigenvalue weighted by Crippen LogP contribution is -2.42. The van der Waals surface area contributed by atoms with Gasteiger partial charge in [0.2, 0.25) is 0 Å². The number of carbonyl (C=O) groups is 1. The SMILES string of the molecule is CC1=CC(C)(C)N(C)c2cc(Cl)c(/C=C3/SC(=Nc4ccc(C)cc4C)NC3=O)cc21. The predicted molar refractivity (Wildman–Crippen MR) is 134 cm³/mol. The van der Waals surface area contributed by atoms with Crippen LogP contribution in [0.25, 0.3) is 11.6 Å². The number of rotatable bonds is 2. The Labute approximate surface area is 193 Å². The number of benzene rings is 2. The largest absolute Gasteiger partial charge is 0.365 e. The van der Waals surface area contributed by atoms with E-state index < -0.39 is 0 Å². The van der Waals surface area contributed by atoms with Crippen molar-refractivity contribution in [1.29, 1.82) is 0 Å². The summed E-state index contributed by atoms with van der Waals surface area (Å²) >= 11 is 7.97. The smallest absolute Gasteiger partial charge is 0.264 e. The van der Waals surface area contributed by atoms with Gasteiger partial charge in [0.05, 0.1) is 16.1 Å². The van der Waals surface area contributed by atoms with Crippen LogP contribution in [-0.4, -0.2) is 23.7 Å². The third-order valence-electron chi connectivity index (χ3n) is 5.85. The summed E-state index contributed by atoms with van der Waals surface area (Å²) < 4.78 is 0. The van der Waals surface area contributed by atoms with E-state index in [1.54, 1.807) is 0 Å². The molecule has 1 saturated heterocycles. The van der Waals surface area contributed by atoms with E-state index in [1.807, 2.05) is 31.2 Å². The number of carbonyl (C=O) groups excluding carboxylic acids is 1. The van der Waals surface area contributed by atoms with Crippen LogP contribution in [0.3, 0.4) is 0 Å². The number of nitrogens with zero attached hydrogens (tertiary/aromatic N) is 2. The molecule has 2 aliphatic heterocycles. The monoisotopic (exact) mass is 451 g/mol. The van der Waals surface area contributed by atoms with Crippen molar-refractivity contribution in [2.24, 2.45) is 4.99 Å². The lowest BCUT2D eigenvalue weighted by Gasteiger charge is -2.40. The van der Waals surface area contributed by atoms with Crippen molar-refractivity contribution in [1.82, 2.24) is 5.32 Å². The van der Waals surface area contributed by atoms with E-state index in [4.69, 9.17) is 11.6 Å². The Hall–Kier alpha value is -2.50. The van der Waals surface area contributed by atoms with Crippen LogP contribution in [-0.2, 0) is 4.79 Å². The lowest BCUT2D eigenvalue weighted by atomic mass is 9.88. The van der Waals surface area contributed by atoms with Crippen LogP contribution < -0.4 is 10.2 Å². The van der Waals surface area contributed by atoms with Gasteiger partial charge in [0.25, 0.3) is 5.91 Å². The average Bonchev–Trinajstić information content (AvgIpc) is 3.02. The Kier molecular flexibility index (Phi) is 5.52. The number of amides is 1. The Morgan fingerprint density at radius 1 is 1.16 bits per heavy atom. The Morgan fingerprint density at radius 3 is 2.61 bits per heavy atom. The van der Waals surface area contributed by atoms with Crippen LogP contribution in [0.15, 0.2) is 46.3 Å². The molecule has 2 aromatic carbocycles. The van der Waals surface area contributed by atoms with Crippen LogP contribution in [0.2, 0.25) is 5.02 Å². The second-order valence-electron chi connectivity index (χ2n) is 8.70. The topological polar surface area (TPSA) is 44.7 Å². The molecule has 4 nitrogen and oxygen atoms in total. The Balaban J connectivity index is 1.67. The molecule has 0 atom stereocenters. The van der Waals surface area contributed by atoms with Crippen molar-refractivity contribution in [3.05, 3.63) is 68.6 Å². The van der Waals surface area contributed by atoms with Crippen molar-refractivity contribution in [3.8, 4) is 0 Å². The van der Waals surface area contributed by atoms with Crippen molar-refractivity contribution in [3.63, 3.8) is 0 Å². The van der Waals surface area contributed by atoms with Gasteiger partial charge in [0, 0.05) is 23.3 Å². The molecule has 0 aromatic heterocycles. The Morgan fingerprint density at radius 2 is 1.90 bits per heavy atom. The number of aryl methyl sites for hydroxylation is 2. The van der Waals surface area contributed by atoms with Crippen LogP contribution in [0.1, 0.15) is 43.0 Å². The van der Waals surface area contributed by atoms with Crippen molar-refractivity contribution < 1.29 is 4.79 Å². The number of amidine groups is 1. The summed E-state index contributed by atoms with van der Waals surface area (Å²) in [5.74, 6) is -0.159. The number of fused-ring (bicyclic) bond motifs is 1. The van der Waals surface area contributed by atoms with E-state index >= 15 is 0 Å². The summed E-state index contributed by atoms with van der Waals surface area (Å²) in [6.45, 7) is 10.5. The first-order valence-corrected chi connectivity index (χ1v) is 11.4. The van der Waals surface area contributed by atoms with Gasteiger partial charge in [-0.1, -0.05) is 35.4 Å². The number of allylic oxidation sites excluding steroid dienone is 1. The van der Waals surface area contributed by atoms with Crippen LogP contribution in [0.4, 0.5) is 11.4 Å². The van der Waals surface area contributed by atoms with Gasteiger partial charge in [-0.15, -0.1) is 0 Å². The minimum atomic E-state index is -0.159. The zero-order valence-corrected chi connectivity index (χ0v) is 20.2. The first kappa shape index (κ1) is 21.7. The molecular formula is C25H26ClN3OS. The summed E-state index contributed by atoms with van der Waals surface area (Å²) in [5, 5.41) is 4.07. The van der Waals surface area contributed by atoms with Gasteiger partial charge in [-0.05, 0) is 87.4 Å². The highest BCUT2D eigenvalue weighted by Gasteiger charge is 2.30. The third-order valence-corrected chi connectivity index (χ3v) is 7.08. The molecule has 2 aromatic rings. The van der Waals surface area contributed by atoms with E-state index in [2.05, 4.69) is 68.2 Å². The molecule has 0 aliphatic carbocycles. The highest BCUT2D eigenvalue weighted by atomic mass is 35.5. The highest BCUT2D eigenvalue weighted by molar-refractivity contribution is 8.18. The molecule has 4 rings (SSSR count). The number of likely N-dealkylation sites (N-methyl/N-ethyl adjacent to an activating group) is 1. The normalized spacial score (nSPS) is 20.2. The van der Waals surface area contributed by atoms with Gasteiger partial charge in [-0.2, -0.15) is 0 Å². The van der Waals surface area contributed by atoms with Crippen LogP contribution in [0, 0.1) is 13.8 Å². The fraction of sp³-hybridized carbons (Fsp3) is 0.280. The number of hydrogen-bond acceptors (Lipinski definition) is 4. The van der Waals surface area contributed by atoms with Crippen molar-refractivity contribution in [2.45, 2.75) is 40.2 Å². The van der Waals surface area contributed by atoms with E-state index in [-0.39, 0.29) is 11.4 Å². The molecule has 160 valence electrons. The predicted octanol–water partition coefficient (Wildman–Crippen LogP) is 6.48. The molecule has 0 bridgehead atoms. The maximum atomic E-state index is 12.6. The summed E-state index contributed by atoms with van der Waals surface area (Å²) in [5.41, 5.74) is 7.29. The summed E-state index contributed by atoms with van der Waals surface area (Å²) in [6, 6.07) is 10.1. The maximum absolute atomic E-state index is 12.6. The number of halogens is 1. The molecule has 2 aliphatic rings. The van der Waals surface area contributed by atoms with Gasteiger partial charge in [0.1, 0.15) is 0 Å². The van der Waals surface area contributed by atoms with E-state index in [0.717, 1.165) is 28.1 Å². The molecule has 0 saturated carbocycles. The molecule has 1 amide bonds. The zero-order valence-electron chi connectivity index (χ0n) is 18.6. The zero-order chi connectivity index (χ0) is 22.5. The molecule has 1 fully saturated rings. The number of hydrogen-bond donors (Lipinski definition) is 1. The van der Waals surface area contributed by atoms with Crippen LogP contribution >= 0.6 is 23.4 Å². The molecule has 6 heteroatoms. The number of anilines is 1. The summed E-state index contributed by atoms with van der Waals surface area (Å²) in [7, 11) is 2.08. The Bertz CT molecular complexity index is 1190. The van der Waals surface area contributed by atoms with Gasteiger partial charge < -0.3 is 10.2 Å². The van der Waals surface area contributed by atoms with Gasteiger partial charge in [-0.3, -0.25) is 4.79 Å². The minimum absolute atomic E-state index is 0.0823. The number of thioether (sulfide) groups is 1. The summed E-state index contributed by atoms with van der Waals surface area (Å²) in [4.78, 5) is 20.0. The summed E-state index contributed by atoms with van der Waals surface area (Å²) in [6.07, 6.45) is 4.10. The van der Waals surface area contributed by atoms with Crippen molar-refractivity contribution in [2.75, 3.05) is 11.9 Å². The van der Waals surface area contributed by atoms with Crippen LogP contribution in [0.5, 0.6) is 0 Å². The third kappa shape index (κ3) is 4.17. The highest BCUT2D eigenvalue weighted by Crippen LogP contribution is 2.41. The fourth-order valence-electron chi connectivity index (χ4n) is 3.96. The van der Waals surface area contributed by atoms with Gasteiger partial charge >= 0.3 is 0 Å². The second-order valence-corrected chi connectivity index (χ2v) is 10.1. The van der Waals surface area contributed by atoms with Gasteiger partial charge in [-0.25, -0.2) is 4.99 Å². The quantitative estimate of drug-likeness (QED) is 0.531. The molecule has 0 spiro atoms. The number of aliphatic imine (C=N–C) groups is 1. The molecule has 2 heterocycles. The van der Waals surface area contributed by atoms with E-state index in [9.17, 15) is 4.79 Å². The second kappa shape index (κ2) is 7.88. The van der Waals surface area contributed by atoms with Crippen molar-refractivity contribution >= 4 is 57.5 Å². The standard InChI is InChI=1S/C25H26ClN3OS/c1-14-7-8-20(15(2)9-14)27-24-28-23(30)22(31-24)11-17-10-18-16(3)13-25(4,5)29(6)21(18)12-19(17)26/h7-13H,1-6H3,(H,27,28,30)/b22-11+. The fourth-order valence-corrected chi connectivity index (χ4v) is 5.00. The van der Waals surface area contributed by atoms with E-state index in [0.29, 0.717) is 15.1 Å². The van der Waals surface area contributed by atoms with E-state index in [1.165, 1.54) is 22.9 Å². The minimum Gasteiger partial charge on any atom is -0.365 e. The molecule has 0 radical (unpaired) electrons. The molecular weight excluding hydrogens is 426 g/mol. The van der Waals surface area contributed by atoms with Gasteiger partial charge in [0.15, 0.2) is 5.17 Å². The first-order valence-electron chi connectivity index (χ1n) is 10.2. The first-order chi connectivity index (χ1) is 14.5. The maximum Gasteiger partial charge on any atom is 0.264 e. The molecule has 31 heavy (non-hydrogen) atoms. The average molecular weight is 452 g/mol.